The van der Waals surface area contributed by atoms with Crippen molar-refractivity contribution >= 4 is 17.8 Å². The van der Waals surface area contributed by atoms with E-state index in [1.54, 1.807) is 12.1 Å². The molecule has 3 rings (SSSR count). The molecule has 0 spiro atoms. The Morgan fingerprint density at radius 1 is 1.07 bits per heavy atom. The zero-order valence-corrected chi connectivity index (χ0v) is 14.5. The molecule has 0 aliphatic carbocycles. The fourth-order valence-corrected chi connectivity index (χ4v) is 2.56. The second-order valence-electron chi connectivity index (χ2n) is 6.49. The van der Waals surface area contributed by atoms with Crippen LogP contribution in [0.3, 0.4) is 0 Å². The molecule has 1 aliphatic heterocycles. The van der Waals surface area contributed by atoms with Crippen LogP contribution in [0.2, 0.25) is 0 Å². The second-order valence-corrected chi connectivity index (χ2v) is 6.49. The second kappa shape index (κ2) is 5.93. The molecule has 0 atom stereocenters. The van der Waals surface area contributed by atoms with Crippen molar-refractivity contribution in [2.75, 3.05) is 0 Å². The number of halogens is 3. The smallest absolute Gasteiger partial charge is 0.327 e. The monoisotopic (exact) mass is 381 g/mol. The lowest BCUT2D eigenvalue weighted by Crippen LogP contribution is -2.43. The van der Waals surface area contributed by atoms with Crippen LogP contribution in [0.25, 0.3) is 0 Å². The van der Waals surface area contributed by atoms with Crippen molar-refractivity contribution < 1.29 is 32.4 Å². The van der Waals surface area contributed by atoms with Gasteiger partial charge in [-0.2, -0.15) is 18.3 Å². The predicted molar refractivity (Wildman–Crippen MR) is 84.3 cm³/mol. The molecule has 0 bridgehead atoms. The minimum Gasteiger partial charge on any atom is -0.327 e. The number of carbonyl (C=O) groups excluding carboxylic acids is 3. The zero-order chi connectivity index (χ0) is 20.1. The van der Waals surface area contributed by atoms with E-state index in [0.29, 0.717) is 5.06 Å². The summed E-state index contributed by atoms with van der Waals surface area (Å²) in [7, 11) is 0. The molecule has 1 aromatic heterocycles. The minimum absolute atomic E-state index is 0.0717. The van der Waals surface area contributed by atoms with Gasteiger partial charge < -0.3 is 4.84 Å². The van der Waals surface area contributed by atoms with Gasteiger partial charge in [0.05, 0.1) is 11.1 Å². The van der Waals surface area contributed by atoms with E-state index < -0.39 is 35.2 Å². The van der Waals surface area contributed by atoms with Gasteiger partial charge in [-0.15, -0.1) is 0 Å². The highest BCUT2D eigenvalue weighted by Crippen LogP contribution is 2.32. The molecule has 2 amide bonds. The van der Waals surface area contributed by atoms with Gasteiger partial charge in [-0.3, -0.25) is 14.3 Å². The molecule has 27 heavy (non-hydrogen) atoms. The number of nitrogens with zero attached hydrogens (tertiary/aromatic N) is 3. The van der Waals surface area contributed by atoms with E-state index in [-0.39, 0.29) is 16.7 Å². The van der Waals surface area contributed by atoms with Gasteiger partial charge in [0.15, 0.2) is 11.2 Å². The topological polar surface area (TPSA) is 81.5 Å². The predicted octanol–water partition coefficient (Wildman–Crippen LogP) is 2.70. The maximum absolute atomic E-state index is 12.9. The molecule has 2 aromatic rings. The summed E-state index contributed by atoms with van der Waals surface area (Å²) >= 11 is 0. The lowest BCUT2D eigenvalue weighted by molar-refractivity contribution is -0.178. The van der Waals surface area contributed by atoms with Crippen LogP contribution < -0.4 is 0 Å². The maximum atomic E-state index is 12.9. The summed E-state index contributed by atoms with van der Waals surface area (Å²) < 4.78 is 39.6. The van der Waals surface area contributed by atoms with Crippen molar-refractivity contribution in [2.24, 2.45) is 0 Å². The van der Waals surface area contributed by atoms with Crippen LogP contribution in [-0.2, 0) is 21.3 Å². The van der Waals surface area contributed by atoms with Gasteiger partial charge in [-0.05, 0) is 38.5 Å². The number of rotatable bonds is 3. The fraction of sp³-hybridized carbons (Fsp3) is 0.294. The molecule has 142 valence electrons. The molecule has 0 saturated carbocycles. The first-order chi connectivity index (χ1) is 12.4. The molecular weight excluding hydrogens is 367 g/mol. The van der Waals surface area contributed by atoms with Crippen LogP contribution >= 0.6 is 0 Å². The average molecular weight is 381 g/mol. The summed E-state index contributed by atoms with van der Waals surface area (Å²) in [6, 6.07) is 5.90. The van der Waals surface area contributed by atoms with Gasteiger partial charge in [0, 0.05) is 6.20 Å². The Bertz CT molecular complexity index is 928. The summed E-state index contributed by atoms with van der Waals surface area (Å²) in [5.41, 5.74) is -2.87. The van der Waals surface area contributed by atoms with Gasteiger partial charge in [0.25, 0.3) is 11.8 Å². The van der Waals surface area contributed by atoms with Crippen molar-refractivity contribution in [3.05, 3.63) is 52.8 Å². The van der Waals surface area contributed by atoms with Gasteiger partial charge in [0.1, 0.15) is 0 Å². The molecule has 0 unspecified atom stereocenters. The van der Waals surface area contributed by atoms with E-state index in [1.807, 2.05) is 0 Å². The van der Waals surface area contributed by atoms with E-state index in [9.17, 15) is 27.6 Å². The van der Waals surface area contributed by atoms with Gasteiger partial charge >= 0.3 is 12.1 Å². The number of hydrogen-bond donors (Lipinski definition) is 0. The Morgan fingerprint density at radius 3 is 2.04 bits per heavy atom. The van der Waals surface area contributed by atoms with Crippen LogP contribution in [0.1, 0.15) is 45.8 Å². The number of aromatic nitrogens is 2. The number of hydroxylamine groups is 2. The normalized spacial score (nSPS) is 14.5. The molecule has 10 heteroatoms. The highest BCUT2D eigenvalue weighted by atomic mass is 19.4. The quantitative estimate of drug-likeness (QED) is 0.764. The van der Waals surface area contributed by atoms with E-state index in [2.05, 4.69) is 5.10 Å². The fourth-order valence-electron chi connectivity index (χ4n) is 2.56. The van der Waals surface area contributed by atoms with Gasteiger partial charge in [0.2, 0.25) is 0 Å². The summed E-state index contributed by atoms with van der Waals surface area (Å²) in [5.74, 6) is -2.77. The molecular formula is C17H14F3N3O4. The summed E-state index contributed by atoms with van der Waals surface area (Å²) in [4.78, 5) is 42.0. The molecule has 0 fully saturated rings. The lowest BCUT2D eigenvalue weighted by Gasteiger charge is -2.24. The van der Waals surface area contributed by atoms with Crippen LogP contribution in [0, 0.1) is 6.92 Å². The standard InChI is InChI=1S/C17H14F3N3O4/c1-9-8-22(21-12(9)17(18,19)20)16(2,3)15(26)27-23-13(24)10-6-4-5-7-11(10)14(23)25/h4-8H,1-3H3. The van der Waals surface area contributed by atoms with E-state index >= 15 is 0 Å². The average Bonchev–Trinajstić information content (AvgIpc) is 3.10. The molecule has 1 aromatic carbocycles. The largest absolute Gasteiger partial charge is 0.435 e. The summed E-state index contributed by atoms with van der Waals surface area (Å²) in [5, 5.41) is 3.73. The molecule has 0 saturated heterocycles. The Morgan fingerprint density at radius 2 is 1.59 bits per heavy atom. The summed E-state index contributed by atoms with van der Waals surface area (Å²) in [6.45, 7) is 3.73. The number of hydrogen-bond acceptors (Lipinski definition) is 5. The Kier molecular flexibility index (Phi) is 4.09. The molecule has 2 heterocycles. The molecule has 7 nitrogen and oxygen atoms in total. The third-order valence-electron chi connectivity index (χ3n) is 4.17. The first kappa shape index (κ1) is 18.6. The third kappa shape index (κ3) is 2.96. The third-order valence-corrected chi connectivity index (χ3v) is 4.17. The number of imide groups is 1. The van der Waals surface area contributed by atoms with Crippen LogP contribution in [0.5, 0.6) is 0 Å². The summed E-state index contributed by atoms with van der Waals surface area (Å²) in [6.07, 6.45) is -3.63. The van der Waals surface area contributed by atoms with Gasteiger partial charge in [-0.1, -0.05) is 17.2 Å². The lowest BCUT2D eigenvalue weighted by atomic mass is 10.1. The molecule has 0 radical (unpaired) electrons. The molecule has 0 N–H and O–H groups in total. The van der Waals surface area contributed by atoms with Gasteiger partial charge in [-0.25, -0.2) is 4.79 Å². The van der Waals surface area contributed by atoms with Crippen molar-refractivity contribution in [1.29, 1.82) is 0 Å². The van der Waals surface area contributed by atoms with Crippen molar-refractivity contribution in [3.8, 4) is 0 Å². The van der Waals surface area contributed by atoms with Crippen molar-refractivity contribution in [1.82, 2.24) is 14.8 Å². The molecule has 1 aliphatic rings. The minimum atomic E-state index is -4.68. The maximum Gasteiger partial charge on any atom is 0.435 e. The van der Waals surface area contributed by atoms with Crippen molar-refractivity contribution in [3.63, 3.8) is 0 Å². The number of benzene rings is 1. The van der Waals surface area contributed by atoms with E-state index in [4.69, 9.17) is 4.84 Å². The Labute approximate surface area is 151 Å². The van der Waals surface area contributed by atoms with Crippen LogP contribution in [0.15, 0.2) is 30.5 Å². The highest BCUT2D eigenvalue weighted by Gasteiger charge is 2.44. The Balaban J connectivity index is 1.86. The number of carbonyl (C=O) groups is 3. The first-order valence-electron chi connectivity index (χ1n) is 7.78. The van der Waals surface area contributed by atoms with Crippen LogP contribution in [-0.4, -0.2) is 32.6 Å². The SMILES string of the molecule is Cc1cn(C(C)(C)C(=O)ON2C(=O)c3ccccc3C2=O)nc1C(F)(F)F. The zero-order valence-electron chi connectivity index (χ0n) is 14.5. The Hall–Kier alpha value is -3.17. The van der Waals surface area contributed by atoms with E-state index in [1.165, 1.54) is 32.9 Å². The van der Waals surface area contributed by atoms with Crippen molar-refractivity contribution in [2.45, 2.75) is 32.5 Å². The van der Waals surface area contributed by atoms with E-state index in [0.717, 1.165) is 10.9 Å². The number of fused-ring (bicyclic) bond motifs is 1. The first-order valence-corrected chi connectivity index (χ1v) is 7.78. The number of alkyl halides is 3. The van der Waals surface area contributed by atoms with Crippen LogP contribution in [0.4, 0.5) is 13.2 Å². The number of amides is 2. The highest BCUT2D eigenvalue weighted by molar-refractivity contribution is 6.20. The number of aryl methyl sites for hydroxylation is 1.